The highest BCUT2D eigenvalue weighted by Gasteiger charge is 2.44. The summed E-state index contributed by atoms with van der Waals surface area (Å²) in [6.45, 7) is 3.25. The first-order chi connectivity index (χ1) is 12.9. The van der Waals surface area contributed by atoms with Crippen LogP contribution in [0.2, 0.25) is 0 Å². The number of fused-ring (bicyclic) bond motifs is 1. The molecule has 2 fully saturated rings. The first-order valence-corrected chi connectivity index (χ1v) is 10.6. The van der Waals surface area contributed by atoms with E-state index in [0.717, 1.165) is 44.9 Å². The molecule has 154 valence electrons. The summed E-state index contributed by atoms with van der Waals surface area (Å²) in [5.74, 6) is 1.27. The summed E-state index contributed by atoms with van der Waals surface area (Å²) < 4.78 is 0. The molecule has 0 aromatic heterocycles. The highest BCUT2D eigenvalue weighted by atomic mass is 16.3. The number of aliphatic hydroxyl groups excluding tert-OH is 2. The fraction of sp³-hybridized carbons (Fsp3) is 0.773. The summed E-state index contributed by atoms with van der Waals surface area (Å²) in [7, 11) is 3.53. The van der Waals surface area contributed by atoms with Gasteiger partial charge < -0.3 is 20.4 Å². The second-order valence-electron chi connectivity index (χ2n) is 8.44. The van der Waals surface area contributed by atoms with Gasteiger partial charge in [0.15, 0.2) is 0 Å². The van der Waals surface area contributed by atoms with Crippen molar-refractivity contribution in [1.82, 2.24) is 10.2 Å². The third kappa shape index (κ3) is 6.74. The normalized spacial score (nSPS) is 30.2. The number of likely N-dealkylation sites (N-methyl/N-ethyl adjacent to an activating group) is 1. The maximum absolute atomic E-state index is 11.6. The van der Waals surface area contributed by atoms with Crippen LogP contribution in [-0.2, 0) is 4.79 Å². The lowest BCUT2D eigenvalue weighted by atomic mass is 9.90. The number of rotatable bonds is 10. The quantitative estimate of drug-likeness (QED) is 0.403. The average Bonchev–Trinajstić information content (AvgIpc) is 3.13. The number of aliphatic hydroxyl groups is 2. The van der Waals surface area contributed by atoms with Crippen LogP contribution in [0.5, 0.6) is 0 Å². The van der Waals surface area contributed by atoms with Crippen molar-refractivity contribution in [1.29, 1.82) is 0 Å². The van der Waals surface area contributed by atoms with Crippen molar-refractivity contribution >= 4 is 5.91 Å². The molecule has 1 amide bonds. The van der Waals surface area contributed by atoms with Crippen LogP contribution < -0.4 is 5.32 Å². The highest BCUT2D eigenvalue weighted by Crippen LogP contribution is 2.50. The number of amides is 1. The Hall–Kier alpha value is -1.17. The van der Waals surface area contributed by atoms with Gasteiger partial charge in [-0.05, 0) is 37.5 Å². The van der Waals surface area contributed by atoms with Crippen LogP contribution in [-0.4, -0.2) is 60.4 Å². The molecule has 0 unspecified atom stereocenters. The molecule has 2 aliphatic rings. The Morgan fingerprint density at radius 3 is 2.81 bits per heavy atom. The topological polar surface area (TPSA) is 72.8 Å². The first kappa shape index (κ1) is 22.1. The average molecular weight is 379 g/mol. The van der Waals surface area contributed by atoms with Gasteiger partial charge in [0.2, 0.25) is 5.91 Å². The Bertz CT molecular complexity index is 530. The molecule has 0 saturated heterocycles. The van der Waals surface area contributed by atoms with Gasteiger partial charge in [0, 0.05) is 26.6 Å². The summed E-state index contributed by atoms with van der Waals surface area (Å²) in [6.07, 6.45) is 12.6. The van der Waals surface area contributed by atoms with Crippen molar-refractivity contribution in [3.8, 4) is 0 Å². The summed E-state index contributed by atoms with van der Waals surface area (Å²) in [5.41, 5.74) is 1.43. The van der Waals surface area contributed by atoms with E-state index in [2.05, 4.69) is 24.4 Å². The van der Waals surface area contributed by atoms with Crippen molar-refractivity contribution in [3.63, 3.8) is 0 Å². The molecule has 0 heterocycles. The van der Waals surface area contributed by atoms with Crippen molar-refractivity contribution in [2.45, 2.75) is 64.1 Å². The van der Waals surface area contributed by atoms with Gasteiger partial charge in [0.25, 0.3) is 0 Å². The lowest BCUT2D eigenvalue weighted by molar-refractivity contribution is -0.127. The van der Waals surface area contributed by atoms with E-state index in [1.54, 1.807) is 19.0 Å². The van der Waals surface area contributed by atoms with Crippen molar-refractivity contribution < 1.29 is 15.0 Å². The molecule has 0 aromatic carbocycles. The minimum absolute atomic E-state index is 0.0857. The fourth-order valence-corrected chi connectivity index (χ4v) is 4.45. The fourth-order valence-electron chi connectivity index (χ4n) is 4.45. The largest absolute Gasteiger partial charge is 0.392 e. The first-order valence-electron chi connectivity index (χ1n) is 10.6. The lowest BCUT2D eigenvalue weighted by Crippen LogP contribution is -2.33. The van der Waals surface area contributed by atoms with Crippen LogP contribution in [0, 0.1) is 17.8 Å². The van der Waals surface area contributed by atoms with Crippen LogP contribution in [0.4, 0.5) is 0 Å². The predicted molar refractivity (Wildman–Crippen MR) is 109 cm³/mol. The number of hydrogen-bond donors (Lipinski definition) is 3. The minimum Gasteiger partial charge on any atom is -0.392 e. The molecule has 2 saturated carbocycles. The number of nitrogens with one attached hydrogen (secondary N) is 1. The molecule has 5 nitrogen and oxygen atoms in total. The lowest BCUT2D eigenvalue weighted by Gasteiger charge is -2.18. The monoisotopic (exact) mass is 378 g/mol. The SMILES string of the molecule is CCCCC[C@H](O)C=C[C@@H]1[C@H]2CC(=CCNCC(=O)N(C)C)C[C@H]2C[C@H]1O. The Labute approximate surface area is 164 Å². The molecule has 0 aliphatic heterocycles. The van der Waals surface area contributed by atoms with E-state index in [1.165, 1.54) is 5.57 Å². The molecule has 0 radical (unpaired) electrons. The van der Waals surface area contributed by atoms with E-state index in [4.69, 9.17) is 0 Å². The zero-order valence-electron chi connectivity index (χ0n) is 17.2. The Kier molecular flexibility index (Phi) is 9.00. The number of carbonyl (C=O) groups is 1. The Morgan fingerprint density at radius 2 is 2.11 bits per heavy atom. The molecule has 5 heteroatoms. The maximum atomic E-state index is 11.6. The van der Waals surface area contributed by atoms with Gasteiger partial charge >= 0.3 is 0 Å². The number of unbranched alkanes of at least 4 members (excludes halogenated alkanes) is 2. The molecule has 3 N–H and O–H groups in total. The molecule has 27 heavy (non-hydrogen) atoms. The molecule has 2 aliphatic carbocycles. The van der Waals surface area contributed by atoms with Crippen molar-refractivity contribution in [2.24, 2.45) is 17.8 Å². The van der Waals surface area contributed by atoms with Gasteiger partial charge in [0.1, 0.15) is 0 Å². The van der Waals surface area contributed by atoms with Gasteiger partial charge in [-0.1, -0.05) is 50.0 Å². The smallest absolute Gasteiger partial charge is 0.236 e. The third-order valence-corrected chi connectivity index (χ3v) is 6.08. The summed E-state index contributed by atoms with van der Waals surface area (Å²) >= 11 is 0. The van der Waals surface area contributed by atoms with E-state index in [-0.39, 0.29) is 17.9 Å². The molecular formula is C22H38N2O3. The van der Waals surface area contributed by atoms with Gasteiger partial charge in [0.05, 0.1) is 18.8 Å². The number of carbonyl (C=O) groups excluding carboxylic acids is 1. The van der Waals surface area contributed by atoms with Crippen LogP contribution in [0.15, 0.2) is 23.8 Å². The van der Waals surface area contributed by atoms with Gasteiger partial charge in [-0.3, -0.25) is 4.79 Å². The highest BCUT2D eigenvalue weighted by molar-refractivity contribution is 5.77. The van der Waals surface area contributed by atoms with Gasteiger partial charge in [-0.25, -0.2) is 0 Å². The summed E-state index contributed by atoms with van der Waals surface area (Å²) in [4.78, 5) is 13.2. The van der Waals surface area contributed by atoms with Crippen LogP contribution in [0.3, 0.4) is 0 Å². The predicted octanol–water partition coefficient (Wildman–Crippen LogP) is 2.50. The molecule has 0 bridgehead atoms. The molecule has 2 rings (SSSR count). The second-order valence-corrected chi connectivity index (χ2v) is 8.44. The Balaban J connectivity index is 1.80. The molecular weight excluding hydrogens is 340 g/mol. The molecule has 5 atom stereocenters. The van der Waals surface area contributed by atoms with Crippen LogP contribution in [0.1, 0.15) is 51.9 Å². The maximum Gasteiger partial charge on any atom is 0.236 e. The van der Waals surface area contributed by atoms with E-state index in [9.17, 15) is 15.0 Å². The van der Waals surface area contributed by atoms with E-state index >= 15 is 0 Å². The van der Waals surface area contributed by atoms with Gasteiger partial charge in [-0.2, -0.15) is 0 Å². The van der Waals surface area contributed by atoms with Crippen LogP contribution >= 0.6 is 0 Å². The van der Waals surface area contributed by atoms with Crippen molar-refractivity contribution in [3.05, 3.63) is 23.8 Å². The van der Waals surface area contributed by atoms with Crippen molar-refractivity contribution in [2.75, 3.05) is 27.2 Å². The standard InChI is InChI=1S/C22H38N2O3/c1-4-5-6-7-18(25)8-9-19-20-13-16(12-17(20)14-21(19)26)10-11-23-15-22(27)24(2)3/h8-10,17-21,23,25-26H,4-7,11-15H2,1-3H3/t17-,18-,19+,20-,21+/m0/s1. The van der Waals surface area contributed by atoms with Crippen LogP contribution in [0.25, 0.3) is 0 Å². The Morgan fingerprint density at radius 1 is 1.33 bits per heavy atom. The number of nitrogens with zero attached hydrogens (tertiary/aromatic N) is 1. The zero-order chi connectivity index (χ0) is 19.8. The van der Waals surface area contributed by atoms with Gasteiger partial charge in [-0.15, -0.1) is 0 Å². The second kappa shape index (κ2) is 11.0. The molecule has 0 spiro atoms. The van der Waals surface area contributed by atoms with E-state index < -0.39 is 6.10 Å². The van der Waals surface area contributed by atoms with E-state index in [1.807, 2.05) is 6.08 Å². The zero-order valence-corrected chi connectivity index (χ0v) is 17.2. The molecule has 0 aromatic rings. The summed E-state index contributed by atoms with van der Waals surface area (Å²) in [6, 6.07) is 0. The third-order valence-electron chi connectivity index (χ3n) is 6.08. The minimum atomic E-state index is -0.391. The van der Waals surface area contributed by atoms with E-state index in [0.29, 0.717) is 24.9 Å². The summed E-state index contributed by atoms with van der Waals surface area (Å²) in [5, 5.41) is 23.7. The number of hydrogen-bond acceptors (Lipinski definition) is 4. The number of allylic oxidation sites excluding steroid dienone is 1.